The summed E-state index contributed by atoms with van der Waals surface area (Å²) in [5, 5.41) is 0. The fourth-order valence-electron chi connectivity index (χ4n) is 2.03. The van der Waals surface area contributed by atoms with Crippen LogP contribution in [0.1, 0.15) is 24.5 Å². The molecule has 0 amide bonds. The number of nitrogens with two attached hydrogens (primary N) is 1. The van der Waals surface area contributed by atoms with Crippen molar-refractivity contribution in [1.82, 2.24) is 9.97 Å². The molecule has 0 radical (unpaired) electrons. The molecule has 2 rings (SSSR count). The zero-order valence-corrected chi connectivity index (χ0v) is 14.0. The first kappa shape index (κ1) is 15.9. The third-order valence-corrected chi connectivity index (χ3v) is 3.92. The summed E-state index contributed by atoms with van der Waals surface area (Å²) in [6.45, 7) is 2.87. The van der Waals surface area contributed by atoms with Crippen molar-refractivity contribution in [3.05, 3.63) is 52.3 Å². The molecule has 21 heavy (non-hydrogen) atoms. The van der Waals surface area contributed by atoms with Gasteiger partial charge >= 0.3 is 0 Å². The summed E-state index contributed by atoms with van der Waals surface area (Å²) in [6.07, 6.45) is 5.53. The second-order valence-electron chi connectivity index (χ2n) is 5.25. The van der Waals surface area contributed by atoms with E-state index in [1.807, 2.05) is 36.5 Å². The molecule has 0 fully saturated rings. The number of nitrogens with zero attached hydrogens (tertiary/aromatic N) is 3. The average molecular weight is 349 g/mol. The fraction of sp³-hybridized carbons (Fsp3) is 0.375. The van der Waals surface area contributed by atoms with Crippen LogP contribution < -0.4 is 10.6 Å². The van der Waals surface area contributed by atoms with Crippen LogP contribution in [0.5, 0.6) is 0 Å². The molecule has 4 nitrogen and oxygen atoms in total. The second kappa shape index (κ2) is 7.52. The molecular weight excluding hydrogens is 328 g/mol. The molecule has 0 saturated carbocycles. The summed E-state index contributed by atoms with van der Waals surface area (Å²) in [5.74, 6) is 0.728. The first-order valence-electron chi connectivity index (χ1n) is 7.10. The van der Waals surface area contributed by atoms with Crippen LogP contribution in [-0.2, 0) is 13.0 Å². The van der Waals surface area contributed by atoms with Gasteiger partial charge < -0.3 is 10.6 Å². The number of halogens is 1. The zero-order chi connectivity index (χ0) is 15.2. The fourth-order valence-corrected chi connectivity index (χ4v) is 2.30. The van der Waals surface area contributed by atoms with Gasteiger partial charge in [-0.1, -0.05) is 35.0 Å². The molecule has 0 saturated heterocycles. The minimum atomic E-state index is 0.181. The Labute approximate surface area is 134 Å². The highest BCUT2D eigenvalue weighted by atomic mass is 79.9. The summed E-state index contributed by atoms with van der Waals surface area (Å²) < 4.78 is 1.08. The Kier molecular flexibility index (Phi) is 5.70. The normalized spacial score (nSPS) is 12.2. The van der Waals surface area contributed by atoms with Crippen LogP contribution in [0.3, 0.4) is 0 Å². The van der Waals surface area contributed by atoms with Crippen molar-refractivity contribution >= 4 is 21.9 Å². The molecule has 2 N–H and O–H groups in total. The van der Waals surface area contributed by atoms with E-state index in [0.717, 1.165) is 35.4 Å². The Morgan fingerprint density at radius 1 is 1.14 bits per heavy atom. The Morgan fingerprint density at radius 2 is 1.76 bits per heavy atom. The van der Waals surface area contributed by atoms with Crippen molar-refractivity contribution in [2.45, 2.75) is 32.4 Å². The van der Waals surface area contributed by atoms with Gasteiger partial charge in [-0.05, 0) is 36.1 Å². The van der Waals surface area contributed by atoms with E-state index in [4.69, 9.17) is 5.73 Å². The molecule has 112 valence electrons. The summed E-state index contributed by atoms with van der Waals surface area (Å²) in [6, 6.07) is 8.45. The van der Waals surface area contributed by atoms with Gasteiger partial charge in [0.25, 0.3) is 0 Å². The highest BCUT2D eigenvalue weighted by Gasteiger charge is 2.07. The van der Waals surface area contributed by atoms with E-state index in [0.29, 0.717) is 0 Å². The van der Waals surface area contributed by atoms with Crippen LogP contribution in [-0.4, -0.2) is 23.1 Å². The molecule has 0 aliphatic heterocycles. The van der Waals surface area contributed by atoms with Gasteiger partial charge in [-0.3, -0.25) is 0 Å². The van der Waals surface area contributed by atoms with E-state index in [9.17, 15) is 0 Å². The van der Waals surface area contributed by atoms with Gasteiger partial charge in [0.2, 0.25) is 5.95 Å². The van der Waals surface area contributed by atoms with E-state index in [1.165, 1.54) is 5.56 Å². The maximum Gasteiger partial charge on any atom is 0.225 e. The SMILES string of the molecule is CCC(N)Cc1cnc(N(C)Cc2ccc(Br)cc2)nc1. The number of anilines is 1. The molecule has 0 aliphatic rings. The topological polar surface area (TPSA) is 55.0 Å². The predicted molar refractivity (Wildman–Crippen MR) is 90.3 cm³/mol. The highest BCUT2D eigenvalue weighted by Crippen LogP contribution is 2.14. The van der Waals surface area contributed by atoms with Crippen LogP contribution in [0, 0.1) is 0 Å². The second-order valence-corrected chi connectivity index (χ2v) is 6.16. The number of benzene rings is 1. The van der Waals surface area contributed by atoms with Crippen molar-refractivity contribution in [3.8, 4) is 0 Å². The molecule has 1 unspecified atom stereocenters. The van der Waals surface area contributed by atoms with E-state index in [1.54, 1.807) is 0 Å². The van der Waals surface area contributed by atoms with E-state index < -0.39 is 0 Å². The summed E-state index contributed by atoms with van der Waals surface area (Å²) in [4.78, 5) is 10.9. The lowest BCUT2D eigenvalue weighted by molar-refractivity contribution is 0.643. The predicted octanol–water partition coefficient (Wildman–Crippen LogP) is 3.16. The molecule has 0 aliphatic carbocycles. The average Bonchev–Trinajstić information content (AvgIpc) is 2.50. The number of hydrogen-bond donors (Lipinski definition) is 1. The lowest BCUT2D eigenvalue weighted by Gasteiger charge is -2.17. The molecule has 0 bridgehead atoms. The Morgan fingerprint density at radius 3 is 2.33 bits per heavy atom. The first-order chi connectivity index (χ1) is 10.1. The summed E-state index contributed by atoms with van der Waals surface area (Å²) in [7, 11) is 1.99. The van der Waals surface area contributed by atoms with Crippen molar-refractivity contribution in [1.29, 1.82) is 0 Å². The van der Waals surface area contributed by atoms with Crippen molar-refractivity contribution in [3.63, 3.8) is 0 Å². The molecule has 1 aromatic heterocycles. The lowest BCUT2D eigenvalue weighted by atomic mass is 10.1. The zero-order valence-electron chi connectivity index (χ0n) is 12.5. The molecule has 2 aromatic rings. The number of rotatable bonds is 6. The van der Waals surface area contributed by atoms with Gasteiger partial charge in [0, 0.05) is 36.5 Å². The molecule has 1 heterocycles. The molecule has 0 spiro atoms. The van der Waals surface area contributed by atoms with E-state index >= 15 is 0 Å². The Balaban J connectivity index is 1.99. The minimum Gasteiger partial charge on any atom is -0.340 e. The standard InChI is InChI=1S/C16H21BrN4/c1-3-15(18)8-13-9-19-16(20-10-13)21(2)11-12-4-6-14(17)7-5-12/h4-7,9-10,15H,3,8,11,18H2,1-2H3. The maximum absolute atomic E-state index is 5.95. The third-order valence-electron chi connectivity index (χ3n) is 3.39. The lowest BCUT2D eigenvalue weighted by Crippen LogP contribution is -2.22. The maximum atomic E-state index is 5.95. The quantitative estimate of drug-likeness (QED) is 0.870. The summed E-state index contributed by atoms with van der Waals surface area (Å²) >= 11 is 3.44. The molecule has 5 heteroatoms. The van der Waals surface area contributed by atoms with Crippen LogP contribution >= 0.6 is 15.9 Å². The summed E-state index contributed by atoms with van der Waals surface area (Å²) in [5.41, 5.74) is 8.26. The van der Waals surface area contributed by atoms with Crippen LogP contribution in [0.25, 0.3) is 0 Å². The molecule has 1 atom stereocenters. The van der Waals surface area contributed by atoms with Crippen LogP contribution in [0.4, 0.5) is 5.95 Å². The van der Waals surface area contributed by atoms with Gasteiger partial charge in [-0.15, -0.1) is 0 Å². The van der Waals surface area contributed by atoms with Gasteiger partial charge in [-0.2, -0.15) is 0 Å². The Bertz CT molecular complexity index is 553. The van der Waals surface area contributed by atoms with Crippen LogP contribution in [0.15, 0.2) is 41.1 Å². The van der Waals surface area contributed by atoms with E-state index in [-0.39, 0.29) is 6.04 Å². The highest BCUT2D eigenvalue weighted by molar-refractivity contribution is 9.10. The van der Waals surface area contributed by atoms with Crippen LogP contribution in [0.2, 0.25) is 0 Å². The van der Waals surface area contributed by atoms with Gasteiger partial charge in [0.15, 0.2) is 0 Å². The van der Waals surface area contributed by atoms with E-state index in [2.05, 4.69) is 45.0 Å². The largest absolute Gasteiger partial charge is 0.340 e. The Hall–Kier alpha value is -1.46. The van der Waals surface area contributed by atoms with Crippen molar-refractivity contribution in [2.75, 3.05) is 11.9 Å². The third kappa shape index (κ3) is 4.79. The van der Waals surface area contributed by atoms with Gasteiger partial charge in [0.05, 0.1) is 0 Å². The number of aromatic nitrogens is 2. The monoisotopic (exact) mass is 348 g/mol. The van der Waals surface area contributed by atoms with Gasteiger partial charge in [-0.25, -0.2) is 9.97 Å². The van der Waals surface area contributed by atoms with Crippen molar-refractivity contribution < 1.29 is 0 Å². The molecule has 1 aromatic carbocycles. The van der Waals surface area contributed by atoms with Gasteiger partial charge in [0.1, 0.15) is 0 Å². The minimum absolute atomic E-state index is 0.181. The van der Waals surface area contributed by atoms with Crippen molar-refractivity contribution in [2.24, 2.45) is 5.73 Å². The first-order valence-corrected chi connectivity index (χ1v) is 7.90. The molecular formula is C16H21BrN4. The smallest absolute Gasteiger partial charge is 0.225 e. The number of hydrogen-bond acceptors (Lipinski definition) is 4.